The fraction of sp³-hybridized carbons (Fsp3) is 0.562. The summed E-state index contributed by atoms with van der Waals surface area (Å²) in [5.41, 5.74) is 8.36. The van der Waals surface area contributed by atoms with Crippen LogP contribution in [0.4, 0.5) is 5.69 Å². The van der Waals surface area contributed by atoms with Gasteiger partial charge in [0, 0.05) is 18.3 Å². The lowest BCUT2D eigenvalue weighted by atomic mass is 9.95. The Hall–Kier alpha value is -1.39. The molecule has 0 saturated carbocycles. The molecule has 4 nitrogen and oxygen atoms in total. The monoisotopic (exact) mass is 275 g/mol. The van der Waals surface area contributed by atoms with Gasteiger partial charge in [-0.3, -0.25) is 4.98 Å². The SMILES string of the molecule is CC(CCN)C1=CCc2ncccc2N1CC(C)(C)O. The molecular formula is C16H25N3O. The Morgan fingerprint density at radius 1 is 1.50 bits per heavy atom. The van der Waals surface area contributed by atoms with E-state index in [1.54, 1.807) is 0 Å². The summed E-state index contributed by atoms with van der Waals surface area (Å²) >= 11 is 0. The van der Waals surface area contributed by atoms with E-state index in [-0.39, 0.29) is 0 Å². The van der Waals surface area contributed by atoms with Gasteiger partial charge in [0.05, 0.1) is 23.5 Å². The molecular weight excluding hydrogens is 250 g/mol. The molecule has 1 aliphatic rings. The number of hydrogen-bond acceptors (Lipinski definition) is 4. The molecule has 1 aromatic heterocycles. The number of anilines is 1. The zero-order valence-corrected chi connectivity index (χ0v) is 12.6. The second-order valence-electron chi connectivity index (χ2n) is 6.18. The Labute approximate surface area is 121 Å². The Morgan fingerprint density at radius 2 is 2.25 bits per heavy atom. The molecule has 0 amide bonds. The molecule has 0 fully saturated rings. The number of nitrogens with zero attached hydrogens (tertiary/aromatic N) is 2. The van der Waals surface area contributed by atoms with E-state index in [0.29, 0.717) is 19.0 Å². The number of fused-ring (bicyclic) bond motifs is 1. The number of aromatic nitrogens is 1. The van der Waals surface area contributed by atoms with Gasteiger partial charge in [0.2, 0.25) is 0 Å². The quantitative estimate of drug-likeness (QED) is 0.863. The molecule has 0 aromatic carbocycles. The van der Waals surface area contributed by atoms with Gasteiger partial charge in [-0.05, 0) is 44.9 Å². The van der Waals surface area contributed by atoms with Crippen molar-refractivity contribution in [3.8, 4) is 0 Å². The molecule has 1 unspecified atom stereocenters. The number of allylic oxidation sites excluding steroid dienone is 2. The fourth-order valence-corrected chi connectivity index (χ4v) is 2.71. The molecule has 2 heterocycles. The highest BCUT2D eigenvalue weighted by atomic mass is 16.3. The molecule has 0 spiro atoms. The van der Waals surface area contributed by atoms with Crippen molar-refractivity contribution in [3.63, 3.8) is 0 Å². The maximum absolute atomic E-state index is 10.2. The largest absolute Gasteiger partial charge is 0.389 e. The zero-order chi connectivity index (χ0) is 14.8. The van der Waals surface area contributed by atoms with Crippen molar-refractivity contribution in [1.29, 1.82) is 0 Å². The van der Waals surface area contributed by atoms with Gasteiger partial charge in [-0.1, -0.05) is 13.0 Å². The van der Waals surface area contributed by atoms with Crippen LogP contribution in [-0.4, -0.2) is 28.8 Å². The standard InChI is InChI=1S/C16H25N3O/c1-12(8-9-17)14-7-6-13-15(5-4-10-18-13)19(14)11-16(2,3)20/h4-5,7,10,12,20H,6,8-9,11,17H2,1-3H3. The van der Waals surface area contributed by atoms with E-state index in [2.05, 4.69) is 29.0 Å². The third kappa shape index (κ3) is 3.38. The van der Waals surface area contributed by atoms with Gasteiger partial charge < -0.3 is 15.7 Å². The minimum Gasteiger partial charge on any atom is -0.389 e. The topological polar surface area (TPSA) is 62.4 Å². The van der Waals surface area contributed by atoms with Gasteiger partial charge >= 0.3 is 0 Å². The molecule has 1 aliphatic heterocycles. The highest BCUT2D eigenvalue weighted by Gasteiger charge is 2.28. The van der Waals surface area contributed by atoms with Crippen LogP contribution in [0.3, 0.4) is 0 Å². The maximum atomic E-state index is 10.2. The van der Waals surface area contributed by atoms with E-state index in [4.69, 9.17) is 5.73 Å². The van der Waals surface area contributed by atoms with Crippen molar-refractivity contribution in [2.75, 3.05) is 18.0 Å². The summed E-state index contributed by atoms with van der Waals surface area (Å²) in [5.74, 6) is 0.385. The van der Waals surface area contributed by atoms with Crippen LogP contribution < -0.4 is 10.6 Å². The summed E-state index contributed by atoms with van der Waals surface area (Å²) in [5, 5.41) is 10.2. The lowest BCUT2D eigenvalue weighted by molar-refractivity contribution is 0.0882. The Balaban J connectivity index is 2.35. The van der Waals surface area contributed by atoms with Crippen molar-refractivity contribution in [2.24, 2.45) is 11.7 Å². The van der Waals surface area contributed by atoms with Crippen molar-refractivity contribution in [2.45, 2.75) is 39.2 Å². The van der Waals surface area contributed by atoms with E-state index in [1.165, 1.54) is 5.70 Å². The molecule has 20 heavy (non-hydrogen) atoms. The van der Waals surface area contributed by atoms with Crippen LogP contribution in [0, 0.1) is 5.92 Å². The number of nitrogens with two attached hydrogens (primary N) is 1. The van der Waals surface area contributed by atoms with E-state index < -0.39 is 5.60 Å². The Bertz CT molecular complexity index is 491. The molecule has 4 heteroatoms. The number of β-amino-alcohol motifs (C(OH)–C–C–N with tert-alkyl or cyclic N) is 1. The number of pyridine rings is 1. The second kappa shape index (κ2) is 5.94. The van der Waals surface area contributed by atoms with Crippen molar-refractivity contribution in [1.82, 2.24) is 4.98 Å². The summed E-state index contributed by atoms with van der Waals surface area (Å²) in [7, 11) is 0. The number of hydrogen-bond donors (Lipinski definition) is 2. The Morgan fingerprint density at radius 3 is 2.90 bits per heavy atom. The summed E-state index contributed by atoms with van der Waals surface area (Å²) in [6, 6.07) is 4.03. The van der Waals surface area contributed by atoms with Gasteiger partial charge in [-0.15, -0.1) is 0 Å². The van der Waals surface area contributed by atoms with Crippen LogP contribution in [0.25, 0.3) is 0 Å². The molecule has 0 bridgehead atoms. The molecule has 0 saturated heterocycles. The predicted molar refractivity (Wildman–Crippen MR) is 82.5 cm³/mol. The lowest BCUT2D eigenvalue weighted by Gasteiger charge is -2.38. The molecule has 110 valence electrons. The number of rotatable bonds is 5. The minimum absolute atomic E-state index is 0.385. The maximum Gasteiger partial charge on any atom is 0.0770 e. The van der Waals surface area contributed by atoms with Crippen LogP contribution >= 0.6 is 0 Å². The van der Waals surface area contributed by atoms with Crippen LogP contribution in [0.5, 0.6) is 0 Å². The Kier molecular flexibility index (Phi) is 4.45. The van der Waals surface area contributed by atoms with Crippen LogP contribution in [-0.2, 0) is 6.42 Å². The minimum atomic E-state index is -0.758. The average molecular weight is 275 g/mol. The van der Waals surface area contributed by atoms with Crippen molar-refractivity contribution in [3.05, 3.63) is 35.8 Å². The van der Waals surface area contributed by atoms with E-state index in [1.807, 2.05) is 26.1 Å². The summed E-state index contributed by atoms with van der Waals surface area (Å²) in [6.07, 6.45) is 5.84. The van der Waals surface area contributed by atoms with E-state index in [9.17, 15) is 5.11 Å². The van der Waals surface area contributed by atoms with Crippen LogP contribution in [0.2, 0.25) is 0 Å². The van der Waals surface area contributed by atoms with Crippen molar-refractivity contribution >= 4 is 5.69 Å². The first-order valence-corrected chi connectivity index (χ1v) is 7.26. The molecule has 2 rings (SSSR count). The molecule has 0 radical (unpaired) electrons. The lowest BCUT2D eigenvalue weighted by Crippen LogP contribution is -2.41. The molecule has 1 aromatic rings. The van der Waals surface area contributed by atoms with Gasteiger partial charge in [-0.25, -0.2) is 0 Å². The van der Waals surface area contributed by atoms with Gasteiger partial charge in [0.1, 0.15) is 0 Å². The highest BCUT2D eigenvalue weighted by molar-refractivity contribution is 5.59. The molecule has 1 atom stereocenters. The summed E-state index contributed by atoms with van der Waals surface area (Å²) in [6.45, 7) is 7.10. The third-order valence-corrected chi connectivity index (χ3v) is 3.62. The van der Waals surface area contributed by atoms with E-state index in [0.717, 1.165) is 24.2 Å². The zero-order valence-electron chi connectivity index (χ0n) is 12.6. The summed E-state index contributed by atoms with van der Waals surface area (Å²) < 4.78 is 0. The fourth-order valence-electron chi connectivity index (χ4n) is 2.71. The molecule has 3 N–H and O–H groups in total. The van der Waals surface area contributed by atoms with Gasteiger partial charge in [0.25, 0.3) is 0 Å². The first-order chi connectivity index (χ1) is 9.42. The van der Waals surface area contributed by atoms with Gasteiger partial charge in [-0.2, -0.15) is 0 Å². The molecule has 0 aliphatic carbocycles. The third-order valence-electron chi connectivity index (χ3n) is 3.62. The average Bonchev–Trinajstić information content (AvgIpc) is 2.37. The van der Waals surface area contributed by atoms with E-state index >= 15 is 0 Å². The highest BCUT2D eigenvalue weighted by Crippen LogP contribution is 2.33. The predicted octanol–water partition coefficient (Wildman–Crippen LogP) is 2.08. The van der Waals surface area contributed by atoms with Crippen LogP contribution in [0.1, 0.15) is 32.9 Å². The first-order valence-electron chi connectivity index (χ1n) is 7.26. The van der Waals surface area contributed by atoms with Gasteiger partial charge in [0.15, 0.2) is 0 Å². The van der Waals surface area contributed by atoms with Crippen molar-refractivity contribution < 1.29 is 5.11 Å². The number of aliphatic hydroxyl groups is 1. The second-order valence-corrected chi connectivity index (χ2v) is 6.18. The first kappa shape index (κ1) is 15.0. The normalized spacial score (nSPS) is 16.6. The smallest absolute Gasteiger partial charge is 0.0770 e. The summed E-state index contributed by atoms with van der Waals surface area (Å²) in [4.78, 5) is 6.65. The van der Waals surface area contributed by atoms with Crippen LogP contribution in [0.15, 0.2) is 30.1 Å².